The number of sulfonamides is 1. The number of hydrogen-bond donors (Lipinski definition) is 1. The fraction of sp³-hybridized carbons (Fsp3) is 0.174. The number of rotatable bonds is 5. The summed E-state index contributed by atoms with van der Waals surface area (Å²) in [4.78, 5) is 13.1. The Balaban J connectivity index is 1.63. The Bertz CT molecular complexity index is 1160. The molecule has 0 saturated carbocycles. The zero-order valence-electron chi connectivity index (χ0n) is 16.5. The predicted molar refractivity (Wildman–Crippen MR) is 118 cm³/mol. The van der Waals surface area contributed by atoms with Gasteiger partial charge in [-0.3, -0.25) is 9.10 Å². The first kappa shape index (κ1) is 20.0. The quantitative estimate of drug-likeness (QED) is 0.676. The molecule has 154 valence electrons. The van der Waals surface area contributed by atoms with Crippen LogP contribution in [-0.2, 0) is 14.8 Å². The molecule has 0 aromatic heterocycles. The number of fused-ring (bicyclic) bond motifs is 1. The molecule has 0 radical (unpaired) electrons. The maximum absolute atomic E-state index is 13.1. The molecule has 3 aromatic carbocycles. The first-order chi connectivity index (χ1) is 14.5. The van der Waals surface area contributed by atoms with Gasteiger partial charge in [-0.2, -0.15) is 0 Å². The molecule has 3 aromatic rings. The zero-order valence-corrected chi connectivity index (χ0v) is 17.3. The number of ether oxygens (including phenoxy) is 1. The van der Waals surface area contributed by atoms with Crippen molar-refractivity contribution in [3.63, 3.8) is 0 Å². The summed E-state index contributed by atoms with van der Waals surface area (Å²) in [6, 6.07) is 24.1. The molecule has 0 fully saturated rings. The summed E-state index contributed by atoms with van der Waals surface area (Å²) in [5.41, 5.74) is 2.94. The SMILES string of the molecule is CCS(=O)(=O)N1CC(C(=O)Nc2ccccc2-c2ccccc2)Oc2ccccc21. The number of benzene rings is 3. The first-order valence-electron chi connectivity index (χ1n) is 9.71. The zero-order chi connectivity index (χ0) is 21.1. The molecular formula is C23H22N2O4S. The number of amides is 1. The molecule has 7 heteroatoms. The smallest absolute Gasteiger partial charge is 0.267 e. The molecule has 0 bridgehead atoms. The Morgan fingerprint density at radius 1 is 1.00 bits per heavy atom. The molecule has 1 aliphatic heterocycles. The third-order valence-electron chi connectivity index (χ3n) is 5.00. The lowest BCUT2D eigenvalue weighted by Gasteiger charge is -2.34. The van der Waals surface area contributed by atoms with Crippen LogP contribution >= 0.6 is 0 Å². The van der Waals surface area contributed by atoms with Crippen LogP contribution in [-0.4, -0.2) is 32.7 Å². The van der Waals surface area contributed by atoms with Crippen LogP contribution in [0.15, 0.2) is 78.9 Å². The third kappa shape index (κ3) is 3.89. The molecule has 0 spiro atoms. The summed E-state index contributed by atoms with van der Waals surface area (Å²) >= 11 is 0. The molecule has 4 rings (SSSR count). The lowest BCUT2D eigenvalue weighted by atomic mass is 10.0. The van der Waals surface area contributed by atoms with Gasteiger partial charge in [0.2, 0.25) is 10.0 Å². The fourth-order valence-electron chi connectivity index (χ4n) is 3.43. The maximum Gasteiger partial charge on any atom is 0.267 e. The van der Waals surface area contributed by atoms with Gasteiger partial charge >= 0.3 is 0 Å². The van der Waals surface area contributed by atoms with Crippen molar-refractivity contribution in [2.24, 2.45) is 0 Å². The maximum atomic E-state index is 13.1. The average Bonchev–Trinajstić information content (AvgIpc) is 2.79. The Hall–Kier alpha value is -3.32. The lowest BCUT2D eigenvalue weighted by Crippen LogP contribution is -2.49. The summed E-state index contributed by atoms with van der Waals surface area (Å²) in [5.74, 6) is -0.0894. The number of hydrogen-bond acceptors (Lipinski definition) is 4. The molecule has 1 heterocycles. The minimum atomic E-state index is -3.55. The van der Waals surface area contributed by atoms with Crippen LogP contribution in [0.4, 0.5) is 11.4 Å². The Morgan fingerprint density at radius 2 is 1.67 bits per heavy atom. The van der Waals surface area contributed by atoms with Crippen molar-refractivity contribution in [2.75, 3.05) is 21.9 Å². The molecule has 0 aliphatic carbocycles. The van der Waals surface area contributed by atoms with E-state index in [2.05, 4.69) is 5.32 Å². The third-order valence-corrected chi connectivity index (χ3v) is 6.74. The Kier molecular flexibility index (Phi) is 5.46. The molecule has 30 heavy (non-hydrogen) atoms. The van der Waals surface area contributed by atoms with Crippen LogP contribution in [0.3, 0.4) is 0 Å². The van der Waals surface area contributed by atoms with E-state index in [0.717, 1.165) is 11.1 Å². The largest absolute Gasteiger partial charge is 0.476 e. The van der Waals surface area contributed by atoms with Crippen molar-refractivity contribution in [3.05, 3.63) is 78.9 Å². The van der Waals surface area contributed by atoms with E-state index in [-0.39, 0.29) is 12.3 Å². The Labute approximate surface area is 176 Å². The second-order valence-electron chi connectivity index (χ2n) is 6.91. The van der Waals surface area contributed by atoms with Gasteiger partial charge in [-0.05, 0) is 30.7 Å². The summed E-state index contributed by atoms with van der Waals surface area (Å²) in [6.45, 7) is 1.51. The lowest BCUT2D eigenvalue weighted by molar-refractivity contribution is -0.122. The minimum absolute atomic E-state index is 0.0630. The monoisotopic (exact) mass is 422 g/mol. The van der Waals surface area contributed by atoms with Crippen LogP contribution < -0.4 is 14.4 Å². The normalized spacial score (nSPS) is 15.8. The number of para-hydroxylation sites is 3. The van der Waals surface area contributed by atoms with Gasteiger partial charge in [0.1, 0.15) is 5.75 Å². The highest BCUT2D eigenvalue weighted by molar-refractivity contribution is 7.92. The van der Waals surface area contributed by atoms with Gasteiger partial charge in [0.15, 0.2) is 6.10 Å². The first-order valence-corrected chi connectivity index (χ1v) is 11.3. The van der Waals surface area contributed by atoms with Gasteiger partial charge < -0.3 is 10.1 Å². The second kappa shape index (κ2) is 8.20. The molecule has 1 atom stereocenters. The topological polar surface area (TPSA) is 75.7 Å². The van der Waals surface area contributed by atoms with Gasteiger partial charge in [0.05, 0.1) is 18.0 Å². The van der Waals surface area contributed by atoms with E-state index in [1.807, 2.05) is 54.6 Å². The van der Waals surface area contributed by atoms with E-state index < -0.39 is 22.0 Å². The number of nitrogens with zero attached hydrogens (tertiary/aromatic N) is 1. The Morgan fingerprint density at radius 3 is 2.43 bits per heavy atom. The van der Waals surface area contributed by atoms with Crippen LogP contribution in [0.5, 0.6) is 5.75 Å². The number of anilines is 2. The summed E-state index contributed by atoms with van der Waals surface area (Å²) < 4.78 is 32.4. The molecule has 1 unspecified atom stereocenters. The van der Waals surface area contributed by atoms with Crippen LogP contribution in [0.1, 0.15) is 6.92 Å². The van der Waals surface area contributed by atoms with Gasteiger partial charge in [-0.1, -0.05) is 60.7 Å². The predicted octanol–water partition coefficient (Wildman–Crippen LogP) is 3.91. The van der Waals surface area contributed by atoms with Crippen molar-refractivity contribution in [2.45, 2.75) is 13.0 Å². The number of carbonyl (C=O) groups excluding carboxylic acids is 1. The van der Waals surface area contributed by atoms with Crippen molar-refractivity contribution >= 4 is 27.3 Å². The summed E-state index contributed by atoms with van der Waals surface area (Å²) in [5, 5.41) is 2.91. The standard InChI is InChI=1S/C23H22N2O4S/c1-2-30(27,28)25-16-22(29-21-15-9-8-14-20(21)25)23(26)24-19-13-7-6-12-18(19)17-10-4-3-5-11-17/h3-15,22H,2,16H2,1H3,(H,24,26). The highest BCUT2D eigenvalue weighted by Gasteiger charge is 2.36. The molecule has 1 amide bonds. The highest BCUT2D eigenvalue weighted by atomic mass is 32.2. The van der Waals surface area contributed by atoms with E-state index in [0.29, 0.717) is 17.1 Å². The fourth-order valence-corrected chi connectivity index (χ4v) is 4.56. The minimum Gasteiger partial charge on any atom is -0.476 e. The van der Waals surface area contributed by atoms with E-state index in [1.54, 1.807) is 31.2 Å². The molecule has 1 aliphatic rings. The molecule has 1 N–H and O–H groups in total. The van der Waals surface area contributed by atoms with Crippen molar-refractivity contribution in [1.29, 1.82) is 0 Å². The molecule has 0 saturated heterocycles. The molecular weight excluding hydrogens is 400 g/mol. The second-order valence-corrected chi connectivity index (χ2v) is 9.09. The van der Waals surface area contributed by atoms with Crippen molar-refractivity contribution in [1.82, 2.24) is 0 Å². The molecule has 6 nitrogen and oxygen atoms in total. The van der Waals surface area contributed by atoms with Crippen molar-refractivity contribution < 1.29 is 17.9 Å². The summed E-state index contributed by atoms with van der Waals surface area (Å²) in [6.07, 6.45) is -0.968. The van der Waals surface area contributed by atoms with E-state index >= 15 is 0 Å². The highest BCUT2D eigenvalue weighted by Crippen LogP contribution is 2.35. The van der Waals surface area contributed by atoms with Crippen LogP contribution in [0.25, 0.3) is 11.1 Å². The van der Waals surface area contributed by atoms with E-state index in [9.17, 15) is 13.2 Å². The van der Waals surface area contributed by atoms with E-state index in [1.165, 1.54) is 4.31 Å². The van der Waals surface area contributed by atoms with Crippen LogP contribution in [0, 0.1) is 0 Å². The van der Waals surface area contributed by atoms with Crippen molar-refractivity contribution in [3.8, 4) is 16.9 Å². The number of nitrogens with one attached hydrogen (secondary N) is 1. The van der Waals surface area contributed by atoms with Crippen LogP contribution in [0.2, 0.25) is 0 Å². The number of carbonyl (C=O) groups is 1. The van der Waals surface area contributed by atoms with E-state index in [4.69, 9.17) is 4.74 Å². The summed E-state index contributed by atoms with van der Waals surface area (Å²) in [7, 11) is -3.55. The van der Waals surface area contributed by atoms with Gasteiger partial charge in [0.25, 0.3) is 5.91 Å². The van der Waals surface area contributed by atoms with Gasteiger partial charge in [0, 0.05) is 11.3 Å². The average molecular weight is 423 g/mol. The van der Waals surface area contributed by atoms with Gasteiger partial charge in [-0.15, -0.1) is 0 Å². The van der Waals surface area contributed by atoms with Gasteiger partial charge in [-0.25, -0.2) is 8.42 Å².